The first-order valence-corrected chi connectivity index (χ1v) is 6.49. The Bertz CT molecular complexity index is 708. The SMILES string of the molecule is Cc1ccccc1C(=O)Nc1cccc(C)c1/C(N)=N/O. The van der Waals surface area contributed by atoms with Crippen LogP contribution >= 0.6 is 0 Å². The van der Waals surface area contributed by atoms with Gasteiger partial charge >= 0.3 is 0 Å². The van der Waals surface area contributed by atoms with Crippen molar-refractivity contribution in [2.75, 3.05) is 5.32 Å². The zero-order valence-corrected chi connectivity index (χ0v) is 11.9. The molecule has 21 heavy (non-hydrogen) atoms. The highest BCUT2D eigenvalue weighted by Gasteiger charge is 2.14. The van der Waals surface area contributed by atoms with Crippen LogP contribution in [0.1, 0.15) is 27.0 Å². The molecule has 108 valence electrons. The van der Waals surface area contributed by atoms with Gasteiger partial charge in [0.05, 0.1) is 5.69 Å². The van der Waals surface area contributed by atoms with Crippen LogP contribution in [0, 0.1) is 13.8 Å². The number of carbonyl (C=O) groups is 1. The first kappa shape index (κ1) is 14.6. The Morgan fingerprint density at radius 3 is 2.43 bits per heavy atom. The highest BCUT2D eigenvalue weighted by atomic mass is 16.4. The van der Waals surface area contributed by atoms with Gasteiger partial charge in [0.15, 0.2) is 5.84 Å². The predicted octanol–water partition coefficient (Wildman–Crippen LogP) is 2.65. The van der Waals surface area contributed by atoms with E-state index in [1.54, 1.807) is 18.2 Å². The summed E-state index contributed by atoms with van der Waals surface area (Å²) in [6.45, 7) is 3.70. The number of aryl methyl sites for hydroxylation is 2. The third-order valence-corrected chi connectivity index (χ3v) is 3.27. The molecule has 4 N–H and O–H groups in total. The Balaban J connectivity index is 2.39. The van der Waals surface area contributed by atoms with Crippen molar-refractivity contribution in [3.05, 3.63) is 64.7 Å². The summed E-state index contributed by atoms with van der Waals surface area (Å²) in [5, 5.41) is 14.7. The van der Waals surface area contributed by atoms with Gasteiger partial charge in [-0.2, -0.15) is 0 Å². The molecule has 0 aliphatic carbocycles. The second-order valence-electron chi connectivity index (χ2n) is 4.75. The van der Waals surface area contributed by atoms with Crippen LogP contribution in [0.2, 0.25) is 0 Å². The minimum absolute atomic E-state index is 0.0341. The third kappa shape index (κ3) is 3.02. The van der Waals surface area contributed by atoms with E-state index in [0.29, 0.717) is 16.8 Å². The number of hydrogen-bond acceptors (Lipinski definition) is 3. The summed E-state index contributed by atoms with van der Waals surface area (Å²) >= 11 is 0. The second kappa shape index (κ2) is 6.09. The van der Waals surface area contributed by atoms with E-state index < -0.39 is 0 Å². The van der Waals surface area contributed by atoms with Crippen LogP contribution in [0.4, 0.5) is 5.69 Å². The van der Waals surface area contributed by atoms with Gasteiger partial charge < -0.3 is 16.3 Å². The first-order valence-electron chi connectivity index (χ1n) is 6.49. The fourth-order valence-electron chi connectivity index (χ4n) is 2.18. The maximum Gasteiger partial charge on any atom is 0.255 e. The number of carbonyl (C=O) groups excluding carboxylic acids is 1. The average molecular weight is 283 g/mol. The molecule has 0 bridgehead atoms. The molecule has 0 saturated heterocycles. The lowest BCUT2D eigenvalue weighted by atomic mass is 10.0. The first-order chi connectivity index (χ1) is 10.0. The van der Waals surface area contributed by atoms with E-state index in [0.717, 1.165) is 11.1 Å². The predicted molar refractivity (Wildman–Crippen MR) is 82.8 cm³/mol. The van der Waals surface area contributed by atoms with E-state index in [2.05, 4.69) is 10.5 Å². The summed E-state index contributed by atoms with van der Waals surface area (Å²) in [6, 6.07) is 12.7. The number of benzene rings is 2. The van der Waals surface area contributed by atoms with E-state index in [9.17, 15) is 4.79 Å². The van der Waals surface area contributed by atoms with E-state index in [-0.39, 0.29) is 11.7 Å². The molecule has 2 aromatic rings. The van der Waals surface area contributed by atoms with Gasteiger partial charge in [0.25, 0.3) is 5.91 Å². The summed E-state index contributed by atoms with van der Waals surface area (Å²) in [6.07, 6.45) is 0. The molecular formula is C16H17N3O2. The molecule has 0 heterocycles. The number of hydrogen-bond donors (Lipinski definition) is 3. The van der Waals surface area contributed by atoms with Crippen molar-refractivity contribution >= 4 is 17.4 Å². The zero-order valence-electron chi connectivity index (χ0n) is 11.9. The van der Waals surface area contributed by atoms with Crippen molar-refractivity contribution in [3.63, 3.8) is 0 Å². The molecule has 2 aromatic carbocycles. The molecule has 0 fully saturated rings. The largest absolute Gasteiger partial charge is 0.409 e. The van der Waals surface area contributed by atoms with Crippen LogP contribution < -0.4 is 11.1 Å². The number of nitrogens with zero attached hydrogens (tertiary/aromatic N) is 1. The maximum absolute atomic E-state index is 12.4. The molecule has 1 amide bonds. The van der Waals surface area contributed by atoms with Crippen LogP contribution in [0.15, 0.2) is 47.6 Å². The van der Waals surface area contributed by atoms with Crippen LogP contribution in [-0.4, -0.2) is 17.0 Å². The standard InChI is InChI=1S/C16H17N3O2/c1-10-6-3-4-8-12(10)16(20)18-13-9-5-7-11(2)14(13)15(17)19-21/h3-9,21H,1-2H3,(H2,17,19)(H,18,20). The van der Waals surface area contributed by atoms with Gasteiger partial charge in [0, 0.05) is 11.1 Å². The van der Waals surface area contributed by atoms with Crippen LogP contribution in [0.3, 0.4) is 0 Å². The van der Waals surface area contributed by atoms with Gasteiger partial charge in [-0.3, -0.25) is 4.79 Å². The number of amides is 1. The van der Waals surface area contributed by atoms with Crippen molar-refractivity contribution < 1.29 is 10.0 Å². The normalized spacial score (nSPS) is 11.2. The summed E-state index contributed by atoms with van der Waals surface area (Å²) < 4.78 is 0. The van der Waals surface area contributed by atoms with E-state index in [1.807, 2.05) is 38.1 Å². The van der Waals surface area contributed by atoms with Gasteiger partial charge in [-0.1, -0.05) is 35.5 Å². The third-order valence-electron chi connectivity index (χ3n) is 3.27. The number of nitrogens with one attached hydrogen (secondary N) is 1. The minimum atomic E-state index is -0.231. The fraction of sp³-hybridized carbons (Fsp3) is 0.125. The van der Waals surface area contributed by atoms with Crippen LogP contribution in [0.5, 0.6) is 0 Å². The molecule has 0 unspecified atom stereocenters. The molecule has 0 spiro atoms. The summed E-state index contributed by atoms with van der Waals surface area (Å²) in [7, 11) is 0. The van der Waals surface area contributed by atoms with Gasteiger partial charge in [-0.25, -0.2) is 0 Å². The van der Waals surface area contributed by atoms with Crippen molar-refractivity contribution in [2.45, 2.75) is 13.8 Å². The van der Waals surface area contributed by atoms with Crippen molar-refractivity contribution in [1.29, 1.82) is 0 Å². The number of rotatable bonds is 3. The second-order valence-corrected chi connectivity index (χ2v) is 4.75. The highest BCUT2D eigenvalue weighted by molar-refractivity contribution is 6.10. The molecule has 2 rings (SSSR count). The number of oxime groups is 1. The highest BCUT2D eigenvalue weighted by Crippen LogP contribution is 2.20. The van der Waals surface area contributed by atoms with Gasteiger partial charge in [-0.05, 0) is 37.1 Å². The van der Waals surface area contributed by atoms with E-state index >= 15 is 0 Å². The molecule has 0 atom stereocenters. The molecule has 0 aliphatic rings. The molecular weight excluding hydrogens is 266 g/mol. The lowest BCUT2D eigenvalue weighted by Crippen LogP contribution is -2.20. The lowest BCUT2D eigenvalue weighted by molar-refractivity contribution is 0.102. The summed E-state index contributed by atoms with van der Waals surface area (Å²) in [5.74, 6) is -0.265. The minimum Gasteiger partial charge on any atom is -0.409 e. The lowest BCUT2D eigenvalue weighted by Gasteiger charge is -2.13. The number of amidine groups is 1. The molecule has 5 nitrogen and oxygen atoms in total. The van der Waals surface area contributed by atoms with E-state index in [4.69, 9.17) is 10.9 Å². The van der Waals surface area contributed by atoms with E-state index in [1.165, 1.54) is 0 Å². The van der Waals surface area contributed by atoms with Crippen LogP contribution in [-0.2, 0) is 0 Å². The Morgan fingerprint density at radius 2 is 1.76 bits per heavy atom. The maximum atomic E-state index is 12.4. The fourth-order valence-corrected chi connectivity index (χ4v) is 2.18. The van der Waals surface area contributed by atoms with Crippen LogP contribution in [0.25, 0.3) is 0 Å². The quantitative estimate of drug-likeness (QED) is 0.350. The zero-order chi connectivity index (χ0) is 15.4. The molecule has 0 aliphatic heterocycles. The smallest absolute Gasteiger partial charge is 0.255 e. The van der Waals surface area contributed by atoms with Crippen molar-refractivity contribution in [3.8, 4) is 0 Å². The van der Waals surface area contributed by atoms with Gasteiger partial charge in [-0.15, -0.1) is 0 Å². The molecule has 0 radical (unpaired) electrons. The molecule has 5 heteroatoms. The van der Waals surface area contributed by atoms with Gasteiger partial charge in [0.1, 0.15) is 0 Å². The monoisotopic (exact) mass is 283 g/mol. The topological polar surface area (TPSA) is 87.7 Å². The Kier molecular flexibility index (Phi) is 4.23. The Hall–Kier alpha value is -2.82. The average Bonchev–Trinajstić information content (AvgIpc) is 2.47. The Labute approximate surface area is 123 Å². The Morgan fingerprint density at radius 1 is 1.10 bits per heavy atom. The number of nitrogens with two attached hydrogens (primary N) is 1. The van der Waals surface area contributed by atoms with Crippen molar-refractivity contribution in [2.24, 2.45) is 10.9 Å². The molecule has 0 aromatic heterocycles. The number of anilines is 1. The van der Waals surface area contributed by atoms with Gasteiger partial charge in [0.2, 0.25) is 0 Å². The van der Waals surface area contributed by atoms with Crippen molar-refractivity contribution in [1.82, 2.24) is 0 Å². The summed E-state index contributed by atoms with van der Waals surface area (Å²) in [4.78, 5) is 12.4. The summed E-state index contributed by atoms with van der Waals surface area (Å²) in [5.41, 5.74) is 9.00. The molecule has 0 saturated carbocycles.